The number of anilines is 1. The summed E-state index contributed by atoms with van der Waals surface area (Å²) >= 11 is 0. The number of hydrogen-bond acceptors (Lipinski definition) is 4. The maximum Gasteiger partial charge on any atom is 0.234 e. The smallest absolute Gasteiger partial charge is 0.234 e. The summed E-state index contributed by atoms with van der Waals surface area (Å²) in [5.41, 5.74) is 6.28. The molecule has 0 aromatic carbocycles. The van der Waals surface area contributed by atoms with Crippen molar-refractivity contribution in [3.05, 3.63) is 23.9 Å². The number of nitrogens with two attached hydrogens (primary N) is 1. The van der Waals surface area contributed by atoms with Crippen molar-refractivity contribution in [1.29, 1.82) is 0 Å². The molecule has 0 bridgehead atoms. The van der Waals surface area contributed by atoms with E-state index >= 15 is 0 Å². The Kier molecular flexibility index (Phi) is 4.05. The molecule has 0 aliphatic heterocycles. The fraction of sp³-hybridized carbons (Fsp3) is 0.400. The molecule has 0 unspecified atom stereocenters. The van der Waals surface area contributed by atoms with E-state index in [1.807, 2.05) is 31.1 Å². The standard InChI is InChI=1S/C10H16N4O/c1-14(2)7-10(15)12-6-8-4-3-5-9(11)13-8/h3-5H,6-7H2,1-2H3,(H2,11,13)(H,12,15). The first-order chi connectivity index (χ1) is 7.08. The molecule has 0 atom stereocenters. The second kappa shape index (κ2) is 5.31. The normalized spacial score (nSPS) is 10.3. The number of hydrogen-bond donors (Lipinski definition) is 2. The number of rotatable bonds is 4. The zero-order valence-electron chi connectivity index (χ0n) is 9.03. The average molecular weight is 208 g/mol. The molecule has 0 spiro atoms. The largest absolute Gasteiger partial charge is 0.384 e. The number of nitrogen functional groups attached to an aromatic ring is 1. The highest BCUT2D eigenvalue weighted by molar-refractivity contribution is 5.77. The van der Waals surface area contributed by atoms with Gasteiger partial charge in [-0.15, -0.1) is 0 Å². The van der Waals surface area contributed by atoms with E-state index < -0.39 is 0 Å². The zero-order chi connectivity index (χ0) is 11.3. The van der Waals surface area contributed by atoms with Crippen LogP contribution in [0.15, 0.2) is 18.2 Å². The minimum absolute atomic E-state index is 0.0239. The van der Waals surface area contributed by atoms with Gasteiger partial charge < -0.3 is 16.0 Å². The molecule has 0 saturated heterocycles. The highest BCUT2D eigenvalue weighted by Crippen LogP contribution is 1.99. The SMILES string of the molecule is CN(C)CC(=O)NCc1cccc(N)n1. The number of carbonyl (C=O) groups excluding carboxylic acids is 1. The molecular formula is C10H16N4O. The third-order valence-corrected chi connectivity index (χ3v) is 1.75. The lowest BCUT2D eigenvalue weighted by Gasteiger charge is -2.09. The van der Waals surface area contributed by atoms with E-state index in [9.17, 15) is 4.79 Å². The fourth-order valence-electron chi connectivity index (χ4n) is 1.13. The summed E-state index contributed by atoms with van der Waals surface area (Å²) in [6.07, 6.45) is 0. The second-order valence-electron chi connectivity index (χ2n) is 3.57. The van der Waals surface area contributed by atoms with Crippen molar-refractivity contribution >= 4 is 11.7 Å². The Morgan fingerprint density at radius 3 is 2.87 bits per heavy atom. The van der Waals surface area contributed by atoms with Crippen molar-refractivity contribution in [2.45, 2.75) is 6.54 Å². The maximum absolute atomic E-state index is 11.3. The average Bonchev–Trinajstić information content (AvgIpc) is 2.14. The number of pyridine rings is 1. The third-order valence-electron chi connectivity index (χ3n) is 1.75. The molecule has 1 aromatic rings. The van der Waals surface area contributed by atoms with Crippen molar-refractivity contribution in [1.82, 2.24) is 15.2 Å². The number of likely N-dealkylation sites (N-methyl/N-ethyl adjacent to an activating group) is 1. The van der Waals surface area contributed by atoms with Gasteiger partial charge >= 0.3 is 0 Å². The monoisotopic (exact) mass is 208 g/mol. The Morgan fingerprint density at radius 2 is 2.27 bits per heavy atom. The van der Waals surface area contributed by atoms with Gasteiger partial charge in [0, 0.05) is 0 Å². The van der Waals surface area contributed by atoms with Crippen LogP contribution in [-0.2, 0) is 11.3 Å². The van der Waals surface area contributed by atoms with Gasteiger partial charge in [0.1, 0.15) is 5.82 Å². The van der Waals surface area contributed by atoms with E-state index in [2.05, 4.69) is 10.3 Å². The molecule has 3 N–H and O–H groups in total. The molecule has 0 fully saturated rings. The summed E-state index contributed by atoms with van der Waals surface area (Å²) in [5.74, 6) is 0.443. The van der Waals surface area contributed by atoms with Crippen molar-refractivity contribution in [2.75, 3.05) is 26.4 Å². The number of aromatic nitrogens is 1. The summed E-state index contributed by atoms with van der Waals surface area (Å²) < 4.78 is 0. The van der Waals surface area contributed by atoms with Crippen LogP contribution in [0.5, 0.6) is 0 Å². The van der Waals surface area contributed by atoms with Crippen LogP contribution in [0.2, 0.25) is 0 Å². The molecule has 82 valence electrons. The zero-order valence-corrected chi connectivity index (χ0v) is 9.03. The molecule has 0 aliphatic rings. The number of nitrogens with zero attached hydrogens (tertiary/aromatic N) is 2. The first-order valence-electron chi connectivity index (χ1n) is 4.71. The Balaban J connectivity index is 2.40. The molecule has 5 nitrogen and oxygen atoms in total. The quantitative estimate of drug-likeness (QED) is 0.721. The fourth-order valence-corrected chi connectivity index (χ4v) is 1.13. The van der Waals surface area contributed by atoms with E-state index in [1.54, 1.807) is 6.07 Å². The first kappa shape index (κ1) is 11.5. The molecule has 0 radical (unpaired) electrons. The molecule has 15 heavy (non-hydrogen) atoms. The molecular weight excluding hydrogens is 192 g/mol. The number of nitrogens with one attached hydrogen (secondary N) is 1. The van der Waals surface area contributed by atoms with E-state index in [0.29, 0.717) is 18.9 Å². The number of amides is 1. The third kappa shape index (κ3) is 4.42. The van der Waals surface area contributed by atoms with Crippen LogP contribution >= 0.6 is 0 Å². The van der Waals surface area contributed by atoms with Gasteiger partial charge in [-0.05, 0) is 26.2 Å². The van der Waals surface area contributed by atoms with Gasteiger partial charge in [0.15, 0.2) is 0 Å². The van der Waals surface area contributed by atoms with Crippen LogP contribution in [0, 0.1) is 0 Å². The van der Waals surface area contributed by atoms with Crippen LogP contribution in [-0.4, -0.2) is 36.4 Å². The summed E-state index contributed by atoms with van der Waals surface area (Å²) in [4.78, 5) is 17.2. The van der Waals surface area contributed by atoms with Crippen LogP contribution < -0.4 is 11.1 Å². The summed E-state index contributed by atoms with van der Waals surface area (Å²) in [5, 5.41) is 2.76. The van der Waals surface area contributed by atoms with Gasteiger partial charge in [-0.25, -0.2) is 4.98 Å². The van der Waals surface area contributed by atoms with Gasteiger partial charge in [0.05, 0.1) is 18.8 Å². The van der Waals surface area contributed by atoms with E-state index in [0.717, 1.165) is 5.69 Å². The maximum atomic E-state index is 11.3. The van der Waals surface area contributed by atoms with E-state index in [4.69, 9.17) is 5.73 Å². The molecule has 1 heterocycles. The van der Waals surface area contributed by atoms with E-state index in [1.165, 1.54) is 0 Å². The van der Waals surface area contributed by atoms with Crippen molar-refractivity contribution in [3.63, 3.8) is 0 Å². The van der Waals surface area contributed by atoms with Gasteiger partial charge in [-0.1, -0.05) is 6.07 Å². The van der Waals surface area contributed by atoms with Gasteiger partial charge in [0.2, 0.25) is 5.91 Å². The minimum atomic E-state index is -0.0239. The van der Waals surface area contributed by atoms with Crippen LogP contribution in [0.25, 0.3) is 0 Å². The van der Waals surface area contributed by atoms with Gasteiger partial charge in [0.25, 0.3) is 0 Å². The van der Waals surface area contributed by atoms with E-state index in [-0.39, 0.29) is 5.91 Å². The predicted molar refractivity (Wildman–Crippen MR) is 59.1 cm³/mol. The van der Waals surface area contributed by atoms with Crippen molar-refractivity contribution in [2.24, 2.45) is 0 Å². The first-order valence-corrected chi connectivity index (χ1v) is 4.71. The highest BCUT2D eigenvalue weighted by atomic mass is 16.1. The lowest BCUT2D eigenvalue weighted by Crippen LogP contribution is -2.33. The molecule has 1 rings (SSSR count). The molecule has 0 aliphatic carbocycles. The topological polar surface area (TPSA) is 71.2 Å². The summed E-state index contributed by atoms with van der Waals surface area (Å²) in [7, 11) is 3.69. The second-order valence-corrected chi connectivity index (χ2v) is 3.57. The lowest BCUT2D eigenvalue weighted by molar-refractivity contribution is -0.121. The van der Waals surface area contributed by atoms with Crippen LogP contribution in [0.1, 0.15) is 5.69 Å². The Labute approximate surface area is 89.3 Å². The lowest BCUT2D eigenvalue weighted by atomic mass is 10.3. The van der Waals surface area contributed by atoms with Crippen molar-refractivity contribution in [3.8, 4) is 0 Å². The summed E-state index contributed by atoms with van der Waals surface area (Å²) in [6.45, 7) is 0.792. The molecule has 1 aromatic heterocycles. The predicted octanol–water partition coefficient (Wildman–Crippen LogP) is -0.158. The Hall–Kier alpha value is -1.62. The highest BCUT2D eigenvalue weighted by Gasteiger charge is 2.02. The Bertz CT molecular complexity index is 338. The van der Waals surface area contributed by atoms with Gasteiger partial charge in [-0.2, -0.15) is 0 Å². The van der Waals surface area contributed by atoms with Crippen LogP contribution in [0.3, 0.4) is 0 Å². The van der Waals surface area contributed by atoms with Crippen LogP contribution in [0.4, 0.5) is 5.82 Å². The van der Waals surface area contributed by atoms with Crippen molar-refractivity contribution < 1.29 is 4.79 Å². The molecule has 5 heteroatoms. The molecule has 1 amide bonds. The van der Waals surface area contributed by atoms with Gasteiger partial charge in [-0.3, -0.25) is 4.79 Å². The summed E-state index contributed by atoms with van der Waals surface area (Å²) in [6, 6.07) is 5.35. The molecule has 0 saturated carbocycles. The minimum Gasteiger partial charge on any atom is -0.384 e. The Morgan fingerprint density at radius 1 is 1.53 bits per heavy atom. The number of carbonyl (C=O) groups is 1.